The summed E-state index contributed by atoms with van der Waals surface area (Å²) in [5, 5.41) is 5.97. The van der Waals surface area contributed by atoms with Gasteiger partial charge < -0.3 is 15.5 Å². The first kappa shape index (κ1) is 23.7. The number of anilines is 1. The third-order valence-corrected chi connectivity index (χ3v) is 7.11. The van der Waals surface area contributed by atoms with Crippen LogP contribution in [0.3, 0.4) is 0 Å². The first-order valence-corrected chi connectivity index (χ1v) is 12.2. The summed E-state index contributed by atoms with van der Waals surface area (Å²) < 4.78 is 71.3. The van der Waals surface area contributed by atoms with E-state index in [2.05, 4.69) is 15.6 Å². The van der Waals surface area contributed by atoms with E-state index in [-0.39, 0.29) is 0 Å². The molecule has 1 saturated heterocycles. The molecule has 182 valence electrons. The Balaban J connectivity index is 1.35. The number of aliphatic imine (C=N–C) groups is 1. The van der Waals surface area contributed by atoms with Gasteiger partial charge in [0.25, 0.3) is 0 Å². The number of hydrogen-bond donors (Lipinski definition) is 2. The number of hydrogen-bond acceptors (Lipinski definition) is 5. The Morgan fingerprint density at radius 1 is 1.06 bits per heavy atom. The first-order valence-electron chi connectivity index (χ1n) is 10.6. The van der Waals surface area contributed by atoms with Gasteiger partial charge in [0.15, 0.2) is 23.3 Å². The van der Waals surface area contributed by atoms with Crippen molar-refractivity contribution in [2.45, 2.75) is 17.0 Å². The third-order valence-electron chi connectivity index (χ3n) is 6.03. The van der Waals surface area contributed by atoms with Crippen molar-refractivity contribution < 1.29 is 22.0 Å². The average molecular weight is 525 g/mol. The quantitative estimate of drug-likeness (QED) is 0.302. The van der Waals surface area contributed by atoms with Crippen molar-refractivity contribution in [3.63, 3.8) is 0 Å². The van der Waals surface area contributed by atoms with E-state index in [0.717, 1.165) is 5.57 Å². The van der Waals surface area contributed by atoms with Gasteiger partial charge in [-0.05, 0) is 24.5 Å². The maximum Gasteiger partial charge on any atom is 0.186 e. The van der Waals surface area contributed by atoms with E-state index in [1.807, 2.05) is 4.90 Å². The molecule has 35 heavy (non-hydrogen) atoms. The lowest BCUT2D eigenvalue weighted by Gasteiger charge is -2.44. The molecule has 2 N–H and O–H groups in total. The van der Waals surface area contributed by atoms with Gasteiger partial charge in [0.2, 0.25) is 0 Å². The Labute approximate surface area is 207 Å². The summed E-state index contributed by atoms with van der Waals surface area (Å²) in [5.41, 5.74) is 0.820. The van der Waals surface area contributed by atoms with Crippen LogP contribution >= 0.6 is 23.4 Å². The summed E-state index contributed by atoms with van der Waals surface area (Å²) in [6, 6.07) is 5.44. The van der Waals surface area contributed by atoms with Crippen LogP contribution in [-0.2, 0) is 0 Å². The van der Waals surface area contributed by atoms with Crippen LogP contribution in [0.5, 0.6) is 0 Å². The average Bonchev–Trinajstić information content (AvgIpc) is 2.82. The molecule has 0 saturated carbocycles. The third kappa shape index (κ3) is 4.08. The minimum absolute atomic E-state index is 0.300. The number of benzene rings is 2. The van der Waals surface area contributed by atoms with E-state index in [9.17, 15) is 22.0 Å². The summed E-state index contributed by atoms with van der Waals surface area (Å²) in [5.74, 6) is -5.47. The maximum atomic E-state index is 14.4. The molecule has 11 heteroatoms. The molecule has 1 atom stereocenters. The molecule has 4 nitrogen and oxygen atoms in total. The molecule has 1 fully saturated rings. The first-order chi connectivity index (χ1) is 16.8. The highest BCUT2D eigenvalue weighted by atomic mass is 35.5. The maximum absolute atomic E-state index is 14.4. The van der Waals surface area contributed by atoms with Gasteiger partial charge in [-0.3, -0.25) is 4.99 Å². The van der Waals surface area contributed by atoms with Gasteiger partial charge in [0.1, 0.15) is 17.3 Å². The largest absolute Gasteiger partial charge is 0.374 e. The molecule has 2 aromatic rings. The Kier molecular flexibility index (Phi) is 6.27. The minimum atomic E-state index is -1.45. The zero-order chi connectivity index (χ0) is 24.9. The summed E-state index contributed by atoms with van der Waals surface area (Å²) in [6.07, 6.45) is 6.32. The number of halogens is 6. The number of likely N-dealkylation sites (tertiary alicyclic amines) is 1. The predicted molar refractivity (Wildman–Crippen MR) is 128 cm³/mol. The van der Waals surface area contributed by atoms with Gasteiger partial charge in [0, 0.05) is 34.8 Å². The smallest absolute Gasteiger partial charge is 0.186 e. The van der Waals surface area contributed by atoms with Crippen molar-refractivity contribution in [2.75, 3.05) is 24.7 Å². The number of nitrogens with zero attached hydrogens (tertiary/aromatic N) is 2. The van der Waals surface area contributed by atoms with Gasteiger partial charge >= 0.3 is 0 Å². The predicted octanol–water partition coefficient (Wildman–Crippen LogP) is 5.63. The molecule has 0 amide bonds. The van der Waals surface area contributed by atoms with Crippen LogP contribution in [0.4, 0.5) is 27.6 Å². The van der Waals surface area contributed by atoms with E-state index in [1.54, 1.807) is 30.4 Å². The lowest BCUT2D eigenvalue weighted by atomic mass is 9.91. The van der Waals surface area contributed by atoms with E-state index in [1.165, 1.54) is 18.7 Å². The number of rotatable bonds is 5. The molecule has 2 aromatic carbocycles. The molecule has 2 heterocycles. The summed E-state index contributed by atoms with van der Waals surface area (Å²) in [4.78, 5) is 5.59. The molecule has 3 aliphatic rings. The second-order valence-corrected chi connectivity index (χ2v) is 9.36. The fraction of sp³-hybridized carbons (Fsp3) is 0.208. The molecule has 0 aromatic heterocycles. The normalized spacial score (nSPS) is 19.6. The fourth-order valence-electron chi connectivity index (χ4n) is 4.27. The van der Waals surface area contributed by atoms with Crippen molar-refractivity contribution in [2.24, 2.45) is 4.99 Å². The summed E-state index contributed by atoms with van der Waals surface area (Å²) >= 11 is 7.08. The van der Waals surface area contributed by atoms with Crippen LogP contribution in [0.15, 0.2) is 62.7 Å². The van der Waals surface area contributed by atoms with E-state index in [0.29, 0.717) is 46.8 Å². The van der Waals surface area contributed by atoms with Crippen molar-refractivity contribution in [1.82, 2.24) is 10.2 Å². The highest BCUT2D eigenvalue weighted by molar-refractivity contribution is 7.98. The molecule has 1 unspecified atom stereocenters. The number of allylic oxidation sites excluding steroid dienone is 2. The van der Waals surface area contributed by atoms with Gasteiger partial charge in [-0.1, -0.05) is 29.8 Å². The van der Waals surface area contributed by atoms with E-state index in [4.69, 9.17) is 11.6 Å². The monoisotopic (exact) mass is 524 g/mol. The zero-order valence-corrected chi connectivity index (χ0v) is 19.8. The van der Waals surface area contributed by atoms with Crippen LogP contribution in [0.2, 0.25) is 0 Å². The van der Waals surface area contributed by atoms with Crippen molar-refractivity contribution in [3.8, 4) is 0 Å². The van der Waals surface area contributed by atoms with Crippen LogP contribution in [0.25, 0.3) is 5.57 Å². The van der Waals surface area contributed by atoms with Crippen LogP contribution in [0.1, 0.15) is 5.56 Å². The second-order valence-electron chi connectivity index (χ2n) is 8.13. The molecule has 0 bridgehead atoms. The topological polar surface area (TPSA) is 39.7 Å². The molecule has 0 spiro atoms. The standard InChI is InChI=1S/C24H18ClF5N4S/c1-35-23-20(29)18(27)22(19(28)21(23)30)33-11-8-34(9-11)24-14-6-15(25)13(7-17(14)31-10-32-24)12-4-2-3-5-16(12)26/h2-7,10-11,17,33H,8-9H2,1H3,(H,31,32). The number of thioether (sulfide) groups is 1. The van der Waals surface area contributed by atoms with Gasteiger partial charge in [0.05, 0.1) is 23.3 Å². The Bertz CT molecular complexity index is 1300. The molecule has 1 aliphatic carbocycles. The summed E-state index contributed by atoms with van der Waals surface area (Å²) in [7, 11) is 0. The Hall–Kier alpha value is -2.98. The van der Waals surface area contributed by atoms with Crippen LogP contribution in [-0.4, -0.2) is 42.7 Å². The molecular weight excluding hydrogens is 507 g/mol. The molecule has 5 rings (SSSR count). The van der Waals surface area contributed by atoms with Crippen LogP contribution in [0, 0.1) is 29.1 Å². The Morgan fingerprint density at radius 3 is 2.40 bits per heavy atom. The molecule has 2 aliphatic heterocycles. The van der Waals surface area contributed by atoms with Crippen molar-refractivity contribution in [3.05, 3.63) is 87.5 Å². The molecular formula is C24H18ClF5N4S. The second kappa shape index (κ2) is 9.23. The SMILES string of the molecule is CSc1c(F)c(F)c(NC2CN(C3=C4C=C(Cl)C(c5ccccc5F)=CC4N=CN3)C2)c(F)c1F. The number of fused-ring (bicyclic) bond motifs is 1. The van der Waals surface area contributed by atoms with Gasteiger partial charge in [-0.25, -0.2) is 22.0 Å². The van der Waals surface area contributed by atoms with Crippen LogP contribution < -0.4 is 10.6 Å². The molecule has 0 radical (unpaired) electrons. The highest BCUT2D eigenvalue weighted by Gasteiger charge is 2.35. The Morgan fingerprint density at radius 2 is 1.74 bits per heavy atom. The minimum Gasteiger partial charge on any atom is -0.374 e. The zero-order valence-electron chi connectivity index (χ0n) is 18.2. The van der Waals surface area contributed by atoms with E-state index >= 15 is 0 Å². The number of nitrogens with one attached hydrogen (secondary N) is 2. The lowest BCUT2D eigenvalue weighted by molar-refractivity contribution is 0.202. The van der Waals surface area contributed by atoms with Gasteiger partial charge in [-0.15, -0.1) is 11.8 Å². The highest BCUT2D eigenvalue weighted by Crippen LogP contribution is 2.38. The van der Waals surface area contributed by atoms with E-state index < -0.39 is 51.8 Å². The van der Waals surface area contributed by atoms with Crippen molar-refractivity contribution in [1.29, 1.82) is 0 Å². The lowest BCUT2D eigenvalue weighted by Crippen LogP contribution is -2.57. The van der Waals surface area contributed by atoms with Gasteiger partial charge in [-0.2, -0.15) is 0 Å². The fourth-order valence-corrected chi connectivity index (χ4v) is 5.09. The van der Waals surface area contributed by atoms with Crippen molar-refractivity contribution >= 4 is 41.0 Å². The summed E-state index contributed by atoms with van der Waals surface area (Å²) in [6.45, 7) is 0.599.